The molecular formula is C10H14F3N3O2S. The molecule has 1 aromatic rings. The van der Waals surface area contributed by atoms with Crippen LogP contribution in [0.5, 0.6) is 0 Å². The average Bonchev–Trinajstić information content (AvgIpc) is 2.78. The van der Waals surface area contributed by atoms with Crippen molar-refractivity contribution in [2.45, 2.75) is 29.8 Å². The fourth-order valence-electron chi connectivity index (χ4n) is 2.05. The molecule has 0 saturated carbocycles. The van der Waals surface area contributed by atoms with Crippen LogP contribution >= 0.6 is 0 Å². The van der Waals surface area contributed by atoms with Crippen molar-refractivity contribution < 1.29 is 21.6 Å². The van der Waals surface area contributed by atoms with E-state index in [9.17, 15) is 21.6 Å². The van der Waals surface area contributed by atoms with Crippen molar-refractivity contribution in [3.63, 3.8) is 0 Å². The largest absolute Gasteiger partial charge is 0.502 e. The van der Waals surface area contributed by atoms with Gasteiger partial charge in [0.1, 0.15) is 4.90 Å². The van der Waals surface area contributed by atoms with Crippen LogP contribution in [0.3, 0.4) is 0 Å². The maximum Gasteiger partial charge on any atom is 0.502 e. The number of nitrogens with one attached hydrogen (secondary N) is 1. The molecule has 1 aliphatic heterocycles. The lowest BCUT2D eigenvalue weighted by molar-refractivity contribution is -0.0436. The van der Waals surface area contributed by atoms with Crippen molar-refractivity contribution in [3.8, 4) is 0 Å². The van der Waals surface area contributed by atoms with Gasteiger partial charge in [0.25, 0.3) is 9.84 Å². The zero-order valence-corrected chi connectivity index (χ0v) is 10.8. The van der Waals surface area contributed by atoms with E-state index in [2.05, 4.69) is 10.4 Å². The maximum atomic E-state index is 12.4. The molecule has 1 aromatic heterocycles. The zero-order chi connectivity index (χ0) is 14.1. The van der Waals surface area contributed by atoms with E-state index >= 15 is 0 Å². The lowest BCUT2D eigenvalue weighted by atomic mass is 9.98. The molecule has 19 heavy (non-hydrogen) atoms. The molecule has 0 aliphatic carbocycles. The number of hydrogen-bond acceptors (Lipinski definition) is 4. The molecule has 1 saturated heterocycles. The Kier molecular flexibility index (Phi) is 3.86. The smallest absolute Gasteiger partial charge is 0.317 e. The summed E-state index contributed by atoms with van der Waals surface area (Å²) in [6.45, 7) is 2.16. The second-order valence-electron chi connectivity index (χ2n) is 4.54. The van der Waals surface area contributed by atoms with E-state index in [1.165, 1.54) is 4.68 Å². The Bertz CT molecular complexity index is 532. The summed E-state index contributed by atoms with van der Waals surface area (Å²) in [5.41, 5.74) is -5.28. The summed E-state index contributed by atoms with van der Waals surface area (Å²) in [5, 5.41) is 6.88. The van der Waals surface area contributed by atoms with E-state index in [1.807, 2.05) is 0 Å². The Hall–Kier alpha value is -1.09. The minimum atomic E-state index is -5.29. The monoisotopic (exact) mass is 297 g/mol. The summed E-state index contributed by atoms with van der Waals surface area (Å²) >= 11 is 0. The molecule has 1 aliphatic rings. The van der Waals surface area contributed by atoms with Gasteiger partial charge in [0.15, 0.2) is 0 Å². The highest BCUT2D eigenvalue weighted by Crippen LogP contribution is 2.30. The van der Waals surface area contributed by atoms with Gasteiger partial charge in [-0.25, -0.2) is 8.42 Å². The molecule has 108 valence electrons. The third-order valence-electron chi connectivity index (χ3n) is 3.13. The van der Waals surface area contributed by atoms with Gasteiger partial charge in [-0.3, -0.25) is 4.68 Å². The van der Waals surface area contributed by atoms with Gasteiger partial charge >= 0.3 is 5.51 Å². The highest BCUT2D eigenvalue weighted by Gasteiger charge is 2.47. The Labute approximate surface area is 108 Å². The molecule has 0 bridgehead atoms. The standard InChI is InChI=1S/C10H14F3N3O2S/c11-10(12,13)19(17,18)9-5-15-16(7-9)6-8-1-3-14-4-2-8/h5,7-8,14H,1-4,6H2. The van der Waals surface area contributed by atoms with Crippen LogP contribution in [0.2, 0.25) is 0 Å². The van der Waals surface area contributed by atoms with E-state index in [1.54, 1.807) is 0 Å². The fourth-order valence-corrected chi connectivity index (χ4v) is 2.76. The average molecular weight is 297 g/mol. The van der Waals surface area contributed by atoms with Crippen molar-refractivity contribution in [2.24, 2.45) is 5.92 Å². The predicted molar refractivity (Wildman–Crippen MR) is 61.1 cm³/mol. The summed E-state index contributed by atoms with van der Waals surface area (Å²) in [7, 11) is -5.29. The fraction of sp³-hybridized carbons (Fsp3) is 0.700. The molecule has 0 aromatic carbocycles. The molecular weight excluding hydrogens is 283 g/mol. The number of piperidine rings is 1. The molecule has 2 heterocycles. The van der Waals surface area contributed by atoms with Crippen molar-refractivity contribution in [3.05, 3.63) is 12.4 Å². The van der Waals surface area contributed by atoms with Gasteiger partial charge in [0, 0.05) is 12.7 Å². The summed E-state index contributed by atoms with van der Waals surface area (Å²) in [6, 6.07) is 0. The van der Waals surface area contributed by atoms with Crippen molar-refractivity contribution >= 4 is 9.84 Å². The molecule has 0 atom stereocenters. The van der Waals surface area contributed by atoms with Crippen molar-refractivity contribution in [2.75, 3.05) is 13.1 Å². The van der Waals surface area contributed by atoms with Crippen LogP contribution in [-0.4, -0.2) is 36.8 Å². The number of rotatable bonds is 3. The molecule has 2 rings (SSSR count). The Morgan fingerprint density at radius 1 is 1.37 bits per heavy atom. The van der Waals surface area contributed by atoms with Crippen LogP contribution in [-0.2, 0) is 16.4 Å². The second-order valence-corrected chi connectivity index (χ2v) is 6.48. The zero-order valence-electron chi connectivity index (χ0n) is 10.0. The van der Waals surface area contributed by atoms with Gasteiger partial charge in [0.05, 0.1) is 6.20 Å². The van der Waals surface area contributed by atoms with Crippen molar-refractivity contribution in [1.82, 2.24) is 15.1 Å². The number of sulfone groups is 1. The first-order valence-corrected chi connectivity index (χ1v) is 7.33. The Morgan fingerprint density at radius 2 is 2.00 bits per heavy atom. The topological polar surface area (TPSA) is 64.0 Å². The minimum absolute atomic E-state index is 0.308. The van der Waals surface area contributed by atoms with Crippen LogP contribution in [0, 0.1) is 5.92 Å². The lowest BCUT2D eigenvalue weighted by Crippen LogP contribution is -2.30. The second kappa shape index (κ2) is 5.12. The Morgan fingerprint density at radius 3 is 2.58 bits per heavy atom. The van der Waals surface area contributed by atoms with Crippen LogP contribution in [0.25, 0.3) is 0 Å². The summed E-state index contributed by atoms with van der Waals surface area (Å²) < 4.78 is 60.7. The third kappa shape index (κ3) is 3.08. The van der Waals surface area contributed by atoms with E-state index in [0.29, 0.717) is 12.5 Å². The molecule has 0 amide bonds. The molecule has 0 radical (unpaired) electrons. The number of aromatic nitrogens is 2. The molecule has 5 nitrogen and oxygen atoms in total. The molecule has 9 heteroatoms. The Balaban J connectivity index is 2.11. The third-order valence-corrected chi connectivity index (χ3v) is 4.57. The van der Waals surface area contributed by atoms with Gasteiger partial charge in [-0.15, -0.1) is 0 Å². The van der Waals surface area contributed by atoms with Crippen LogP contribution in [0.1, 0.15) is 12.8 Å². The van der Waals surface area contributed by atoms with Gasteiger partial charge in [-0.1, -0.05) is 0 Å². The van der Waals surface area contributed by atoms with E-state index in [-0.39, 0.29) is 0 Å². The normalized spacial score (nSPS) is 18.7. The minimum Gasteiger partial charge on any atom is -0.317 e. The maximum absolute atomic E-state index is 12.4. The van der Waals surface area contributed by atoms with Crippen molar-refractivity contribution in [1.29, 1.82) is 0 Å². The number of hydrogen-bond donors (Lipinski definition) is 1. The van der Waals surface area contributed by atoms with Crippen LogP contribution in [0.15, 0.2) is 17.3 Å². The number of nitrogens with zero attached hydrogens (tertiary/aromatic N) is 2. The quantitative estimate of drug-likeness (QED) is 0.910. The summed E-state index contributed by atoms with van der Waals surface area (Å²) in [6.07, 6.45) is 3.51. The summed E-state index contributed by atoms with van der Waals surface area (Å²) in [5.74, 6) is 0.308. The highest BCUT2D eigenvalue weighted by molar-refractivity contribution is 7.92. The van der Waals surface area contributed by atoms with Crippen LogP contribution < -0.4 is 5.32 Å². The van der Waals surface area contributed by atoms with Gasteiger partial charge in [-0.05, 0) is 31.8 Å². The van der Waals surface area contributed by atoms with E-state index < -0.39 is 20.2 Å². The molecule has 1 fully saturated rings. The van der Waals surface area contributed by atoms with Gasteiger partial charge in [0.2, 0.25) is 0 Å². The SMILES string of the molecule is O=S(=O)(c1cnn(CC2CCNCC2)c1)C(F)(F)F. The van der Waals surface area contributed by atoms with E-state index in [4.69, 9.17) is 0 Å². The first kappa shape index (κ1) is 14.3. The molecule has 0 unspecified atom stereocenters. The van der Waals surface area contributed by atoms with E-state index in [0.717, 1.165) is 38.3 Å². The lowest BCUT2D eigenvalue weighted by Gasteiger charge is -2.22. The van der Waals surface area contributed by atoms with Crippen LogP contribution in [0.4, 0.5) is 13.2 Å². The molecule has 1 N–H and O–H groups in total. The number of alkyl halides is 3. The molecule has 0 spiro atoms. The van der Waals surface area contributed by atoms with Gasteiger partial charge < -0.3 is 5.32 Å². The highest BCUT2D eigenvalue weighted by atomic mass is 32.2. The first-order chi connectivity index (χ1) is 8.80. The summed E-state index contributed by atoms with van der Waals surface area (Å²) in [4.78, 5) is -0.797. The first-order valence-electron chi connectivity index (χ1n) is 5.85. The van der Waals surface area contributed by atoms with Gasteiger partial charge in [-0.2, -0.15) is 18.3 Å². The number of halogens is 3. The predicted octanol–water partition coefficient (Wildman–Crippen LogP) is 1.18.